The molecule has 0 spiro atoms. The van der Waals surface area contributed by atoms with Crippen molar-refractivity contribution in [3.63, 3.8) is 0 Å². The van der Waals surface area contributed by atoms with Gasteiger partial charge >= 0.3 is 0 Å². The molecule has 0 radical (unpaired) electrons. The minimum absolute atomic E-state index is 0.334. The van der Waals surface area contributed by atoms with Crippen LogP contribution in [-0.2, 0) is 4.74 Å². The van der Waals surface area contributed by atoms with E-state index in [1.54, 1.807) is 0 Å². The molecule has 2 unspecified atom stereocenters. The predicted molar refractivity (Wildman–Crippen MR) is 76.0 cm³/mol. The Balaban J connectivity index is 1.56. The first-order valence-corrected chi connectivity index (χ1v) is 8.55. The van der Waals surface area contributed by atoms with Gasteiger partial charge in [-0.15, -0.1) is 11.6 Å². The molecule has 1 heterocycles. The van der Waals surface area contributed by atoms with Gasteiger partial charge in [0.1, 0.15) is 0 Å². The summed E-state index contributed by atoms with van der Waals surface area (Å²) in [5, 5.41) is 0. The largest absolute Gasteiger partial charge is 0.377 e. The van der Waals surface area contributed by atoms with Gasteiger partial charge in [0.15, 0.2) is 0 Å². The average molecular weight is 271 g/mol. The molecule has 104 valence electrons. The Kier molecular flexibility index (Phi) is 4.20. The summed E-state index contributed by atoms with van der Waals surface area (Å²) in [6, 6.07) is 0. The average Bonchev–Trinajstić information content (AvgIpc) is 3.18. The van der Waals surface area contributed by atoms with Crippen LogP contribution in [0.3, 0.4) is 0 Å². The predicted octanol–water partition coefficient (Wildman–Crippen LogP) is 4.77. The highest BCUT2D eigenvalue weighted by atomic mass is 35.5. The number of hydrogen-bond donors (Lipinski definition) is 0. The van der Waals surface area contributed by atoms with Crippen LogP contribution < -0.4 is 0 Å². The molecule has 1 aliphatic heterocycles. The molecule has 0 bridgehead atoms. The van der Waals surface area contributed by atoms with Gasteiger partial charge < -0.3 is 4.74 Å². The van der Waals surface area contributed by atoms with Gasteiger partial charge in [-0.05, 0) is 43.9 Å². The highest BCUT2D eigenvalue weighted by molar-refractivity contribution is 6.18. The zero-order valence-corrected chi connectivity index (χ0v) is 12.3. The lowest BCUT2D eigenvalue weighted by atomic mass is 9.73. The molecule has 1 nitrogen and oxygen atoms in total. The zero-order chi connectivity index (χ0) is 12.4. The van der Waals surface area contributed by atoms with E-state index >= 15 is 0 Å². The molecule has 18 heavy (non-hydrogen) atoms. The van der Waals surface area contributed by atoms with Crippen LogP contribution in [0.1, 0.15) is 64.2 Å². The van der Waals surface area contributed by atoms with Gasteiger partial charge in [0.2, 0.25) is 0 Å². The van der Waals surface area contributed by atoms with Crippen LogP contribution in [0, 0.1) is 17.3 Å². The molecular weight excluding hydrogens is 244 g/mol. The Morgan fingerprint density at radius 2 is 1.83 bits per heavy atom. The normalized spacial score (nSPS) is 38.2. The maximum atomic E-state index is 6.37. The van der Waals surface area contributed by atoms with Gasteiger partial charge in [-0.25, -0.2) is 0 Å². The number of ether oxygens (including phenoxy) is 1. The summed E-state index contributed by atoms with van der Waals surface area (Å²) in [4.78, 5) is 0. The van der Waals surface area contributed by atoms with Gasteiger partial charge in [0.05, 0.1) is 6.10 Å². The van der Waals surface area contributed by atoms with Crippen molar-refractivity contribution in [1.29, 1.82) is 0 Å². The molecule has 2 atom stereocenters. The van der Waals surface area contributed by atoms with E-state index in [9.17, 15) is 0 Å². The number of rotatable bonds is 5. The summed E-state index contributed by atoms with van der Waals surface area (Å²) >= 11 is 6.37. The van der Waals surface area contributed by atoms with Crippen molar-refractivity contribution < 1.29 is 4.74 Å². The summed E-state index contributed by atoms with van der Waals surface area (Å²) in [5.74, 6) is 2.65. The van der Waals surface area contributed by atoms with Gasteiger partial charge in [-0.3, -0.25) is 0 Å². The van der Waals surface area contributed by atoms with E-state index in [4.69, 9.17) is 16.3 Å². The SMILES string of the molecule is ClCC1(CCC2CCCCC2)CCOC1C1CC1. The third-order valence-corrected chi connectivity index (χ3v) is 6.12. The summed E-state index contributed by atoms with van der Waals surface area (Å²) in [6.45, 7) is 0.957. The molecule has 2 aliphatic carbocycles. The van der Waals surface area contributed by atoms with Crippen LogP contribution in [0.25, 0.3) is 0 Å². The summed E-state index contributed by atoms with van der Waals surface area (Å²) in [6.07, 6.45) is 14.5. The molecule has 0 aromatic heterocycles. The number of hydrogen-bond acceptors (Lipinski definition) is 1. The molecule has 0 amide bonds. The topological polar surface area (TPSA) is 9.23 Å². The fraction of sp³-hybridized carbons (Fsp3) is 1.00. The van der Waals surface area contributed by atoms with Gasteiger partial charge in [0.25, 0.3) is 0 Å². The van der Waals surface area contributed by atoms with Gasteiger partial charge in [0, 0.05) is 17.9 Å². The van der Waals surface area contributed by atoms with Crippen molar-refractivity contribution in [2.24, 2.45) is 17.3 Å². The second-order valence-electron chi connectivity index (χ2n) is 6.92. The Morgan fingerprint density at radius 3 is 2.50 bits per heavy atom. The minimum atomic E-state index is 0.334. The van der Waals surface area contributed by atoms with Crippen molar-refractivity contribution in [1.82, 2.24) is 0 Å². The molecule has 0 aromatic carbocycles. The van der Waals surface area contributed by atoms with Crippen molar-refractivity contribution in [2.75, 3.05) is 12.5 Å². The first-order valence-electron chi connectivity index (χ1n) is 8.02. The number of halogens is 1. The zero-order valence-electron chi connectivity index (χ0n) is 11.5. The first kappa shape index (κ1) is 13.2. The summed E-state index contributed by atoms with van der Waals surface area (Å²) in [5.41, 5.74) is 0.334. The fourth-order valence-electron chi connectivity index (χ4n) is 4.19. The van der Waals surface area contributed by atoms with Crippen LogP contribution in [-0.4, -0.2) is 18.6 Å². The molecule has 3 fully saturated rings. The van der Waals surface area contributed by atoms with E-state index in [0.29, 0.717) is 11.5 Å². The molecule has 3 rings (SSSR count). The van der Waals surface area contributed by atoms with Crippen LogP contribution in [0.2, 0.25) is 0 Å². The molecule has 3 aliphatic rings. The summed E-state index contributed by atoms with van der Waals surface area (Å²) in [7, 11) is 0. The third-order valence-electron chi connectivity index (χ3n) is 5.59. The van der Waals surface area contributed by atoms with Crippen molar-refractivity contribution in [2.45, 2.75) is 70.3 Å². The van der Waals surface area contributed by atoms with E-state index in [1.807, 2.05) is 0 Å². The van der Waals surface area contributed by atoms with Crippen LogP contribution in [0.5, 0.6) is 0 Å². The maximum Gasteiger partial charge on any atom is 0.0671 e. The van der Waals surface area contributed by atoms with Crippen LogP contribution in [0.4, 0.5) is 0 Å². The van der Waals surface area contributed by atoms with Gasteiger partial charge in [-0.2, -0.15) is 0 Å². The Hall–Kier alpha value is 0.250. The maximum absolute atomic E-state index is 6.37. The lowest BCUT2D eigenvalue weighted by Gasteiger charge is -2.34. The van der Waals surface area contributed by atoms with E-state index < -0.39 is 0 Å². The molecule has 0 aromatic rings. The smallest absolute Gasteiger partial charge is 0.0671 e. The fourth-order valence-corrected chi connectivity index (χ4v) is 4.61. The van der Waals surface area contributed by atoms with E-state index in [0.717, 1.165) is 24.3 Å². The molecule has 1 saturated heterocycles. The van der Waals surface area contributed by atoms with Crippen LogP contribution in [0.15, 0.2) is 0 Å². The first-order chi connectivity index (χ1) is 8.84. The summed E-state index contributed by atoms with van der Waals surface area (Å²) < 4.78 is 6.04. The molecular formula is C16H27ClO. The van der Waals surface area contributed by atoms with Gasteiger partial charge in [-0.1, -0.05) is 32.1 Å². The van der Waals surface area contributed by atoms with E-state index in [-0.39, 0.29) is 0 Å². The molecule has 2 saturated carbocycles. The monoisotopic (exact) mass is 270 g/mol. The van der Waals surface area contributed by atoms with Crippen molar-refractivity contribution in [3.8, 4) is 0 Å². The third kappa shape index (κ3) is 2.72. The number of alkyl halides is 1. The van der Waals surface area contributed by atoms with E-state index in [1.165, 1.54) is 64.2 Å². The Morgan fingerprint density at radius 1 is 1.06 bits per heavy atom. The molecule has 2 heteroatoms. The van der Waals surface area contributed by atoms with Crippen molar-refractivity contribution in [3.05, 3.63) is 0 Å². The van der Waals surface area contributed by atoms with Crippen molar-refractivity contribution >= 4 is 11.6 Å². The Bertz CT molecular complexity index is 270. The highest BCUT2D eigenvalue weighted by Gasteiger charge is 2.50. The van der Waals surface area contributed by atoms with Crippen LogP contribution >= 0.6 is 11.6 Å². The standard InChI is InChI=1S/C16H27ClO/c17-12-16(9-8-13-4-2-1-3-5-13)10-11-18-15(16)14-6-7-14/h13-15H,1-12H2. The Labute approximate surface area is 117 Å². The quantitative estimate of drug-likeness (QED) is 0.654. The molecule has 0 N–H and O–H groups in total. The second-order valence-corrected chi connectivity index (χ2v) is 7.18. The lowest BCUT2D eigenvalue weighted by Crippen LogP contribution is -2.35. The lowest BCUT2D eigenvalue weighted by molar-refractivity contribution is 0.0330. The van der Waals surface area contributed by atoms with E-state index in [2.05, 4.69) is 0 Å². The second kappa shape index (κ2) is 5.71. The highest BCUT2D eigenvalue weighted by Crippen LogP contribution is 2.51. The minimum Gasteiger partial charge on any atom is -0.377 e.